The van der Waals surface area contributed by atoms with Crippen molar-refractivity contribution in [3.8, 4) is 0 Å². The molecule has 17 heavy (non-hydrogen) atoms. The Morgan fingerprint density at radius 1 is 1.41 bits per heavy atom. The third kappa shape index (κ3) is 2.29. The van der Waals surface area contributed by atoms with Gasteiger partial charge in [0.05, 0.1) is 10.7 Å². The lowest BCUT2D eigenvalue weighted by Crippen LogP contribution is -2.31. The summed E-state index contributed by atoms with van der Waals surface area (Å²) in [5.41, 5.74) is 3.56. The van der Waals surface area contributed by atoms with Crippen LogP contribution in [0.25, 0.3) is 0 Å². The SMILES string of the molecule is Cc1cc(C)c(N2CCC(CO)C2C)c(Cl)c1. The smallest absolute Gasteiger partial charge is 0.0645 e. The van der Waals surface area contributed by atoms with Crippen LogP contribution in [0.15, 0.2) is 12.1 Å². The maximum Gasteiger partial charge on any atom is 0.0645 e. The van der Waals surface area contributed by atoms with Gasteiger partial charge in [-0.2, -0.15) is 0 Å². The lowest BCUT2D eigenvalue weighted by Gasteiger charge is -2.29. The van der Waals surface area contributed by atoms with Gasteiger partial charge in [-0.15, -0.1) is 0 Å². The number of benzene rings is 1. The van der Waals surface area contributed by atoms with Crippen LogP contribution in [0, 0.1) is 19.8 Å². The summed E-state index contributed by atoms with van der Waals surface area (Å²) in [6, 6.07) is 4.54. The van der Waals surface area contributed by atoms with Gasteiger partial charge in [-0.3, -0.25) is 0 Å². The minimum atomic E-state index is 0.264. The Labute approximate surface area is 108 Å². The summed E-state index contributed by atoms with van der Waals surface area (Å²) < 4.78 is 0. The first-order valence-electron chi connectivity index (χ1n) is 6.19. The lowest BCUT2D eigenvalue weighted by molar-refractivity contribution is 0.221. The van der Waals surface area contributed by atoms with E-state index in [1.807, 2.05) is 6.07 Å². The molecule has 2 unspecified atom stereocenters. The van der Waals surface area contributed by atoms with E-state index >= 15 is 0 Å². The summed E-state index contributed by atoms with van der Waals surface area (Å²) in [7, 11) is 0. The number of rotatable bonds is 2. The van der Waals surface area contributed by atoms with Crippen LogP contribution < -0.4 is 4.90 Å². The number of nitrogens with zero attached hydrogens (tertiary/aromatic N) is 1. The number of aliphatic hydroxyl groups is 1. The lowest BCUT2D eigenvalue weighted by atomic mass is 10.0. The average Bonchev–Trinajstić information content (AvgIpc) is 2.59. The summed E-state index contributed by atoms with van der Waals surface area (Å²) in [4.78, 5) is 2.33. The van der Waals surface area contributed by atoms with E-state index in [9.17, 15) is 5.11 Å². The molecule has 3 heteroatoms. The standard InChI is InChI=1S/C14H20ClNO/c1-9-6-10(2)14(13(15)7-9)16-5-4-12(8-17)11(16)3/h6-7,11-12,17H,4-5,8H2,1-3H3. The topological polar surface area (TPSA) is 23.5 Å². The van der Waals surface area contributed by atoms with Crippen LogP contribution in [0.5, 0.6) is 0 Å². The quantitative estimate of drug-likeness (QED) is 0.875. The van der Waals surface area contributed by atoms with Crippen molar-refractivity contribution in [3.63, 3.8) is 0 Å². The van der Waals surface area contributed by atoms with Gasteiger partial charge in [0.2, 0.25) is 0 Å². The minimum Gasteiger partial charge on any atom is -0.396 e. The van der Waals surface area contributed by atoms with Crippen molar-refractivity contribution >= 4 is 17.3 Å². The molecule has 2 atom stereocenters. The predicted octanol–water partition coefficient (Wildman–Crippen LogP) is 3.16. The fourth-order valence-electron chi connectivity index (χ4n) is 2.84. The largest absolute Gasteiger partial charge is 0.396 e. The molecule has 1 fully saturated rings. The Morgan fingerprint density at radius 3 is 2.65 bits per heavy atom. The second-order valence-electron chi connectivity index (χ2n) is 5.08. The van der Waals surface area contributed by atoms with Gasteiger partial charge in [0.1, 0.15) is 0 Å². The number of halogens is 1. The van der Waals surface area contributed by atoms with Crippen molar-refractivity contribution in [1.82, 2.24) is 0 Å². The maximum absolute atomic E-state index is 9.32. The highest BCUT2D eigenvalue weighted by Gasteiger charge is 2.31. The van der Waals surface area contributed by atoms with E-state index in [1.165, 1.54) is 11.1 Å². The molecule has 0 spiro atoms. The zero-order valence-electron chi connectivity index (χ0n) is 10.7. The zero-order chi connectivity index (χ0) is 12.6. The van der Waals surface area contributed by atoms with E-state index in [0.29, 0.717) is 12.0 Å². The molecule has 0 radical (unpaired) electrons. The van der Waals surface area contributed by atoms with Gasteiger partial charge < -0.3 is 10.0 Å². The van der Waals surface area contributed by atoms with E-state index in [2.05, 4.69) is 31.7 Å². The molecular weight excluding hydrogens is 234 g/mol. The first-order chi connectivity index (χ1) is 8.04. The first-order valence-corrected chi connectivity index (χ1v) is 6.56. The molecule has 0 saturated carbocycles. The Morgan fingerprint density at radius 2 is 2.12 bits per heavy atom. The highest BCUT2D eigenvalue weighted by atomic mass is 35.5. The normalized spacial score (nSPS) is 24.4. The highest BCUT2D eigenvalue weighted by molar-refractivity contribution is 6.33. The molecule has 0 aromatic heterocycles. The van der Waals surface area contributed by atoms with Gasteiger partial charge in [0.15, 0.2) is 0 Å². The highest BCUT2D eigenvalue weighted by Crippen LogP contribution is 2.37. The molecule has 1 heterocycles. The summed E-state index contributed by atoms with van der Waals surface area (Å²) in [5.74, 6) is 0.367. The summed E-state index contributed by atoms with van der Waals surface area (Å²) in [5, 5.41) is 10.2. The van der Waals surface area contributed by atoms with E-state index in [0.717, 1.165) is 23.7 Å². The summed E-state index contributed by atoms with van der Waals surface area (Å²) in [6.45, 7) is 7.58. The molecule has 0 aliphatic carbocycles. The molecule has 1 N–H and O–H groups in total. The predicted molar refractivity (Wildman–Crippen MR) is 72.9 cm³/mol. The van der Waals surface area contributed by atoms with Crippen molar-refractivity contribution in [2.45, 2.75) is 33.2 Å². The summed E-state index contributed by atoms with van der Waals surface area (Å²) in [6.07, 6.45) is 1.04. The Bertz CT molecular complexity index is 396. The number of hydrogen-bond acceptors (Lipinski definition) is 2. The average molecular weight is 254 g/mol. The third-order valence-electron chi connectivity index (χ3n) is 3.83. The minimum absolute atomic E-state index is 0.264. The van der Waals surface area contributed by atoms with Gasteiger partial charge in [-0.25, -0.2) is 0 Å². The third-order valence-corrected chi connectivity index (χ3v) is 4.12. The molecule has 0 bridgehead atoms. The molecule has 1 aliphatic heterocycles. The molecule has 2 nitrogen and oxygen atoms in total. The van der Waals surface area contributed by atoms with Crippen molar-refractivity contribution < 1.29 is 5.11 Å². The van der Waals surface area contributed by atoms with Crippen LogP contribution in [0.3, 0.4) is 0 Å². The van der Waals surface area contributed by atoms with Crippen LogP contribution >= 0.6 is 11.6 Å². The molecule has 1 aliphatic rings. The van der Waals surface area contributed by atoms with Gasteiger partial charge in [0, 0.05) is 25.1 Å². The fraction of sp³-hybridized carbons (Fsp3) is 0.571. The van der Waals surface area contributed by atoms with Crippen LogP contribution in [0.2, 0.25) is 5.02 Å². The molecule has 1 saturated heterocycles. The van der Waals surface area contributed by atoms with E-state index in [-0.39, 0.29) is 6.61 Å². The molecule has 1 aromatic rings. The van der Waals surface area contributed by atoms with E-state index in [4.69, 9.17) is 11.6 Å². The fourth-order valence-corrected chi connectivity index (χ4v) is 3.27. The van der Waals surface area contributed by atoms with Gasteiger partial charge >= 0.3 is 0 Å². The van der Waals surface area contributed by atoms with Crippen LogP contribution in [0.4, 0.5) is 5.69 Å². The summed E-state index contributed by atoms with van der Waals surface area (Å²) >= 11 is 6.37. The van der Waals surface area contributed by atoms with Gasteiger partial charge in [-0.1, -0.05) is 17.7 Å². The van der Waals surface area contributed by atoms with E-state index < -0.39 is 0 Å². The van der Waals surface area contributed by atoms with Crippen molar-refractivity contribution in [2.75, 3.05) is 18.1 Å². The Hall–Kier alpha value is -0.730. The van der Waals surface area contributed by atoms with Crippen LogP contribution in [0.1, 0.15) is 24.5 Å². The van der Waals surface area contributed by atoms with Crippen LogP contribution in [-0.2, 0) is 0 Å². The number of aliphatic hydroxyl groups excluding tert-OH is 1. The Balaban J connectivity index is 2.35. The first kappa shape index (κ1) is 12.7. The monoisotopic (exact) mass is 253 g/mol. The maximum atomic E-state index is 9.32. The number of hydrogen-bond donors (Lipinski definition) is 1. The van der Waals surface area contributed by atoms with Gasteiger partial charge in [-0.05, 0) is 44.4 Å². The number of aryl methyl sites for hydroxylation is 2. The van der Waals surface area contributed by atoms with Crippen molar-refractivity contribution in [3.05, 3.63) is 28.3 Å². The Kier molecular flexibility index (Phi) is 3.64. The molecule has 1 aromatic carbocycles. The van der Waals surface area contributed by atoms with Gasteiger partial charge in [0.25, 0.3) is 0 Å². The van der Waals surface area contributed by atoms with Crippen molar-refractivity contribution in [1.29, 1.82) is 0 Å². The number of anilines is 1. The van der Waals surface area contributed by atoms with Crippen LogP contribution in [-0.4, -0.2) is 24.3 Å². The molecular formula is C14H20ClNO. The second kappa shape index (κ2) is 4.87. The molecule has 2 rings (SSSR count). The zero-order valence-corrected chi connectivity index (χ0v) is 11.5. The van der Waals surface area contributed by atoms with E-state index in [1.54, 1.807) is 0 Å². The second-order valence-corrected chi connectivity index (χ2v) is 5.48. The van der Waals surface area contributed by atoms with Crippen molar-refractivity contribution in [2.24, 2.45) is 5.92 Å². The molecule has 0 amide bonds. The molecule has 94 valence electrons.